The Balaban J connectivity index is 2.24. The average Bonchev–Trinajstić information content (AvgIpc) is 2.86. The molecule has 0 aliphatic rings. The molecule has 0 aliphatic carbocycles. The second-order valence-corrected chi connectivity index (χ2v) is 10.5. The lowest BCUT2D eigenvalue weighted by molar-refractivity contribution is -0.153. The first kappa shape index (κ1) is 29.8. The highest BCUT2D eigenvalue weighted by molar-refractivity contribution is 6.40. The molecule has 6 nitrogen and oxygen atoms in total. The highest BCUT2D eigenvalue weighted by Crippen LogP contribution is 2.32. The van der Waals surface area contributed by atoms with Crippen LogP contribution in [0.1, 0.15) is 81.3 Å². The summed E-state index contributed by atoms with van der Waals surface area (Å²) in [6.45, 7) is 19.1. The molecule has 0 saturated heterocycles. The zero-order valence-corrected chi connectivity index (χ0v) is 23.2. The number of benzene rings is 2. The van der Waals surface area contributed by atoms with Gasteiger partial charge in [0.2, 0.25) is 11.6 Å². The van der Waals surface area contributed by atoms with E-state index in [0.29, 0.717) is 0 Å². The molecule has 0 fully saturated rings. The maximum Gasteiger partial charge on any atom is 0.232 e. The molecule has 0 bridgehead atoms. The maximum atomic E-state index is 12.8. The van der Waals surface area contributed by atoms with E-state index >= 15 is 0 Å². The first-order valence-electron chi connectivity index (χ1n) is 12.5. The summed E-state index contributed by atoms with van der Waals surface area (Å²) in [5, 5.41) is 42.8. The van der Waals surface area contributed by atoms with E-state index in [1.807, 2.05) is 67.5 Å². The van der Waals surface area contributed by atoms with Crippen molar-refractivity contribution in [2.24, 2.45) is 0 Å². The summed E-state index contributed by atoms with van der Waals surface area (Å²) in [5.74, 6) is -3.92. The second-order valence-electron chi connectivity index (χ2n) is 10.5. The van der Waals surface area contributed by atoms with Gasteiger partial charge in [0.05, 0.1) is 12.2 Å². The lowest BCUT2D eigenvalue weighted by Gasteiger charge is -2.28. The Bertz CT molecular complexity index is 1070. The molecular weight excluding hydrogens is 456 g/mol. The summed E-state index contributed by atoms with van der Waals surface area (Å²) in [7, 11) is 0. The number of rotatable bonds is 9. The Hall–Kier alpha value is -2.38. The monoisotopic (exact) mass is 498 g/mol. The smallest absolute Gasteiger partial charge is 0.232 e. The van der Waals surface area contributed by atoms with Gasteiger partial charge in [0.15, 0.2) is 0 Å². The third-order valence-corrected chi connectivity index (χ3v) is 8.48. The number of aryl methyl sites for hydroxylation is 2. The summed E-state index contributed by atoms with van der Waals surface area (Å²) in [6.07, 6.45) is -7.19. The Morgan fingerprint density at radius 2 is 0.806 bits per heavy atom. The molecule has 4 unspecified atom stereocenters. The van der Waals surface area contributed by atoms with E-state index in [-0.39, 0.29) is 0 Å². The third-order valence-electron chi connectivity index (χ3n) is 8.48. The van der Waals surface area contributed by atoms with Gasteiger partial charge in [-0.3, -0.25) is 9.59 Å². The van der Waals surface area contributed by atoms with Gasteiger partial charge in [0.1, 0.15) is 12.2 Å². The number of hydrogen-bond acceptors (Lipinski definition) is 6. The van der Waals surface area contributed by atoms with Crippen molar-refractivity contribution in [3.63, 3.8) is 0 Å². The molecular formula is C30H42O6. The molecule has 2 rings (SSSR count). The number of carbonyl (C=O) groups excluding carboxylic acids is 2. The van der Waals surface area contributed by atoms with Crippen LogP contribution in [-0.4, -0.2) is 56.4 Å². The zero-order valence-electron chi connectivity index (χ0n) is 23.2. The summed E-state index contributed by atoms with van der Waals surface area (Å²) in [6, 6.07) is 3.83. The molecule has 0 aliphatic heterocycles. The zero-order chi connectivity index (χ0) is 27.8. The van der Waals surface area contributed by atoms with Gasteiger partial charge in [-0.1, -0.05) is 26.0 Å². The van der Waals surface area contributed by atoms with E-state index in [1.54, 1.807) is 13.8 Å². The summed E-state index contributed by atoms with van der Waals surface area (Å²) in [4.78, 5) is 25.6. The summed E-state index contributed by atoms with van der Waals surface area (Å²) < 4.78 is 0. The number of aliphatic hydroxyl groups is 4. The van der Waals surface area contributed by atoms with E-state index in [2.05, 4.69) is 0 Å². The van der Waals surface area contributed by atoms with Gasteiger partial charge < -0.3 is 20.4 Å². The molecule has 0 aromatic heterocycles. The quantitative estimate of drug-likeness (QED) is 0.393. The van der Waals surface area contributed by atoms with E-state index in [9.17, 15) is 30.0 Å². The lowest BCUT2D eigenvalue weighted by Crippen LogP contribution is -2.48. The number of carbonyl (C=O) groups is 2. The van der Waals surface area contributed by atoms with Crippen LogP contribution in [0.15, 0.2) is 12.1 Å². The Morgan fingerprint density at radius 1 is 0.528 bits per heavy atom. The molecule has 198 valence electrons. The minimum absolute atomic E-state index is 0.642. The van der Waals surface area contributed by atoms with Crippen molar-refractivity contribution in [3.05, 3.63) is 67.8 Å². The second kappa shape index (κ2) is 11.3. The predicted octanol–water partition coefficient (Wildman–Crippen LogP) is 3.64. The van der Waals surface area contributed by atoms with Gasteiger partial charge in [-0.2, -0.15) is 0 Å². The number of ketones is 2. The van der Waals surface area contributed by atoms with Gasteiger partial charge in [-0.15, -0.1) is 0 Å². The Labute approximate surface area is 215 Å². The number of Topliss-reactive ketones (excluding diaryl/α,β-unsaturated/α-hetero) is 2. The van der Waals surface area contributed by atoms with Crippen LogP contribution in [-0.2, 0) is 9.59 Å². The SMILES string of the molecule is Cc1cc(C(C)C(O)[C@H](O)C(=O)C(=O)[C@H](O)C(O)C(C)c2cc(C)c(C)c(C)c2C)c(C)c(C)c1C. The number of hydrogen-bond donors (Lipinski definition) is 4. The molecule has 0 radical (unpaired) electrons. The fourth-order valence-corrected chi connectivity index (χ4v) is 4.95. The van der Waals surface area contributed by atoms with Crippen molar-refractivity contribution in [2.45, 2.75) is 105 Å². The molecule has 2 aromatic rings. The minimum atomic E-state index is -2.03. The fraction of sp³-hybridized carbons (Fsp3) is 0.533. The van der Waals surface area contributed by atoms with Gasteiger partial charge in [-0.05, 0) is 111 Å². The van der Waals surface area contributed by atoms with Crippen LogP contribution in [0, 0.1) is 55.4 Å². The van der Waals surface area contributed by atoms with E-state index < -0.39 is 47.8 Å². The summed E-state index contributed by atoms with van der Waals surface area (Å²) >= 11 is 0. The van der Waals surface area contributed by atoms with E-state index in [4.69, 9.17) is 0 Å². The lowest BCUT2D eigenvalue weighted by atomic mass is 9.81. The third kappa shape index (κ3) is 5.47. The predicted molar refractivity (Wildman–Crippen MR) is 142 cm³/mol. The standard InChI is InChI=1S/C30H42O6/c1-13-11-23(19(7)17(5)15(13)3)21(9)25(31)27(33)29(35)30(36)28(34)26(32)22(10)24-12-14(2)16(4)18(6)20(24)8/h11-12,21-22,25-28,31-34H,1-10H3/t21?,22?,25?,26?,27-,28+. The minimum Gasteiger partial charge on any atom is -0.389 e. The van der Waals surface area contributed by atoms with Crippen molar-refractivity contribution < 1.29 is 30.0 Å². The normalized spacial score (nSPS) is 16.7. The highest BCUT2D eigenvalue weighted by atomic mass is 16.3. The van der Waals surface area contributed by atoms with Crippen molar-refractivity contribution in [1.29, 1.82) is 0 Å². The largest absolute Gasteiger partial charge is 0.389 e. The van der Waals surface area contributed by atoms with Crippen LogP contribution in [0.25, 0.3) is 0 Å². The van der Waals surface area contributed by atoms with Crippen LogP contribution >= 0.6 is 0 Å². The van der Waals surface area contributed by atoms with Crippen LogP contribution in [0.2, 0.25) is 0 Å². The van der Waals surface area contributed by atoms with Gasteiger partial charge >= 0.3 is 0 Å². The number of aliphatic hydroxyl groups excluding tert-OH is 4. The first-order chi connectivity index (χ1) is 16.5. The van der Waals surface area contributed by atoms with Crippen molar-refractivity contribution >= 4 is 11.6 Å². The van der Waals surface area contributed by atoms with Crippen LogP contribution in [0.4, 0.5) is 0 Å². The van der Waals surface area contributed by atoms with Crippen molar-refractivity contribution in [3.8, 4) is 0 Å². The molecule has 6 atom stereocenters. The molecule has 4 N–H and O–H groups in total. The average molecular weight is 499 g/mol. The molecule has 0 spiro atoms. The van der Waals surface area contributed by atoms with Gasteiger partial charge in [-0.25, -0.2) is 0 Å². The highest BCUT2D eigenvalue weighted by Gasteiger charge is 2.40. The van der Waals surface area contributed by atoms with Crippen molar-refractivity contribution in [2.75, 3.05) is 0 Å². The maximum absolute atomic E-state index is 12.8. The molecule has 6 heteroatoms. The van der Waals surface area contributed by atoms with E-state index in [0.717, 1.165) is 55.6 Å². The molecule has 0 saturated carbocycles. The van der Waals surface area contributed by atoms with Gasteiger partial charge in [0.25, 0.3) is 0 Å². The Kier molecular flexibility index (Phi) is 9.41. The van der Waals surface area contributed by atoms with Crippen molar-refractivity contribution in [1.82, 2.24) is 0 Å². The molecule has 2 aromatic carbocycles. The topological polar surface area (TPSA) is 115 Å². The molecule has 0 heterocycles. The summed E-state index contributed by atoms with van der Waals surface area (Å²) in [5.41, 5.74) is 9.86. The Morgan fingerprint density at radius 3 is 1.08 bits per heavy atom. The van der Waals surface area contributed by atoms with Crippen LogP contribution < -0.4 is 0 Å². The molecule has 0 amide bonds. The fourth-order valence-electron chi connectivity index (χ4n) is 4.95. The van der Waals surface area contributed by atoms with Crippen LogP contribution in [0.3, 0.4) is 0 Å². The van der Waals surface area contributed by atoms with E-state index in [1.165, 1.54) is 0 Å². The molecule has 36 heavy (non-hydrogen) atoms. The van der Waals surface area contributed by atoms with Gasteiger partial charge in [0, 0.05) is 11.8 Å². The van der Waals surface area contributed by atoms with Crippen LogP contribution in [0.5, 0.6) is 0 Å². The first-order valence-corrected chi connectivity index (χ1v) is 12.5.